The topological polar surface area (TPSA) is 48.5 Å². The van der Waals surface area contributed by atoms with E-state index in [0.717, 1.165) is 12.3 Å². The van der Waals surface area contributed by atoms with E-state index in [4.69, 9.17) is 11.6 Å². The fraction of sp³-hybridized carbons (Fsp3) is 0.500. The van der Waals surface area contributed by atoms with Gasteiger partial charge in [-0.05, 0) is 6.07 Å². The van der Waals surface area contributed by atoms with Gasteiger partial charge in [0.05, 0.1) is 10.6 Å². The Kier molecular flexibility index (Phi) is 5.65. The molecule has 5 nitrogen and oxygen atoms in total. The van der Waals surface area contributed by atoms with Crippen molar-refractivity contribution in [3.8, 4) is 0 Å². The highest BCUT2D eigenvalue weighted by atomic mass is 35.5. The van der Waals surface area contributed by atoms with Crippen LogP contribution >= 0.6 is 11.6 Å². The molecule has 0 atom stereocenters. The van der Waals surface area contributed by atoms with Crippen molar-refractivity contribution in [2.75, 3.05) is 39.1 Å². The van der Waals surface area contributed by atoms with Crippen molar-refractivity contribution in [3.63, 3.8) is 0 Å². The molecule has 0 aliphatic carbocycles. The largest absolute Gasteiger partial charge is 0.417 e. The molecule has 0 radical (unpaired) electrons. The van der Waals surface area contributed by atoms with Gasteiger partial charge in [-0.3, -0.25) is 0 Å². The Bertz CT molecular complexity index is 508. The average Bonchev–Trinajstić information content (AvgIpc) is 2.36. The van der Waals surface area contributed by atoms with Crippen LogP contribution in [0.1, 0.15) is 5.56 Å². The van der Waals surface area contributed by atoms with Gasteiger partial charge in [-0.2, -0.15) is 13.2 Å². The predicted molar refractivity (Wildman–Crippen MR) is 74.6 cm³/mol. The lowest BCUT2D eigenvalue weighted by Gasteiger charge is -2.21. The van der Waals surface area contributed by atoms with Gasteiger partial charge in [0.15, 0.2) is 0 Å². The molecule has 0 aromatic carbocycles. The molecule has 118 valence electrons. The Morgan fingerprint density at radius 2 is 2.00 bits per heavy atom. The quantitative estimate of drug-likeness (QED) is 0.925. The van der Waals surface area contributed by atoms with E-state index < -0.39 is 11.7 Å². The average molecular weight is 325 g/mol. The normalized spacial score (nSPS) is 11.2. The number of amides is 2. The number of hydrogen-bond donors (Lipinski definition) is 1. The van der Waals surface area contributed by atoms with Crippen LogP contribution in [0.25, 0.3) is 0 Å². The summed E-state index contributed by atoms with van der Waals surface area (Å²) in [5, 5.41) is 2.54. The molecule has 2 amide bonds. The molecule has 0 aliphatic rings. The SMILES string of the molecule is CN(C)C(=O)NCCN(C)c1ncc(C(F)(F)F)cc1Cl. The van der Waals surface area contributed by atoms with Gasteiger partial charge in [-0.1, -0.05) is 11.6 Å². The van der Waals surface area contributed by atoms with Crippen LogP contribution in [-0.4, -0.2) is 50.1 Å². The van der Waals surface area contributed by atoms with Crippen LogP contribution in [0.4, 0.5) is 23.8 Å². The number of nitrogens with one attached hydrogen (secondary N) is 1. The maximum absolute atomic E-state index is 12.5. The van der Waals surface area contributed by atoms with Crippen LogP contribution in [0.5, 0.6) is 0 Å². The van der Waals surface area contributed by atoms with Crippen LogP contribution in [0.15, 0.2) is 12.3 Å². The standard InChI is InChI=1S/C12H16ClF3N4O/c1-19(2)11(21)17-4-5-20(3)10-9(13)6-8(7-18-10)12(14,15)16/h6-7H,4-5H2,1-3H3,(H,17,21). The summed E-state index contributed by atoms with van der Waals surface area (Å²) in [5.74, 6) is 0.226. The third kappa shape index (κ3) is 4.96. The first kappa shape index (κ1) is 17.4. The summed E-state index contributed by atoms with van der Waals surface area (Å²) in [5.41, 5.74) is -0.898. The molecule has 0 spiro atoms. The first-order valence-corrected chi connectivity index (χ1v) is 6.39. The lowest BCUT2D eigenvalue weighted by atomic mass is 10.2. The van der Waals surface area contributed by atoms with Gasteiger partial charge in [0, 0.05) is 40.4 Å². The number of carbonyl (C=O) groups is 1. The number of halogens is 4. The van der Waals surface area contributed by atoms with E-state index in [1.807, 2.05) is 0 Å². The second-order valence-corrected chi connectivity index (χ2v) is 4.98. The summed E-state index contributed by atoms with van der Waals surface area (Å²) < 4.78 is 37.5. The van der Waals surface area contributed by atoms with E-state index in [0.29, 0.717) is 13.1 Å². The van der Waals surface area contributed by atoms with Gasteiger partial charge in [0.25, 0.3) is 0 Å². The summed E-state index contributed by atoms with van der Waals surface area (Å²) >= 11 is 5.82. The Morgan fingerprint density at radius 3 is 2.48 bits per heavy atom. The Balaban J connectivity index is 2.67. The minimum atomic E-state index is -4.48. The van der Waals surface area contributed by atoms with Gasteiger partial charge in [0.2, 0.25) is 0 Å². The smallest absolute Gasteiger partial charge is 0.357 e. The zero-order chi connectivity index (χ0) is 16.2. The van der Waals surface area contributed by atoms with Gasteiger partial charge in [-0.15, -0.1) is 0 Å². The number of alkyl halides is 3. The zero-order valence-corrected chi connectivity index (χ0v) is 12.6. The minimum Gasteiger partial charge on any atom is -0.357 e. The summed E-state index contributed by atoms with van der Waals surface area (Å²) in [6, 6.07) is 0.577. The van der Waals surface area contributed by atoms with Gasteiger partial charge in [-0.25, -0.2) is 9.78 Å². The molecular weight excluding hydrogens is 309 g/mol. The number of hydrogen-bond acceptors (Lipinski definition) is 3. The van der Waals surface area contributed by atoms with Crippen molar-refractivity contribution in [3.05, 3.63) is 22.8 Å². The second kappa shape index (κ2) is 6.84. The maximum atomic E-state index is 12.5. The Hall–Kier alpha value is -1.70. The highest BCUT2D eigenvalue weighted by molar-refractivity contribution is 6.33. The summed E-state index contributed by atoms with van der Waals surface area (Å²) in [4.78, 5) is 18.0. The molecule has 1 N–H and O–H groups in total. The van der Waals surface area contributed by atoms with E-state index in [1.54, 1.807) is 26.0 Å². The summed E-state index contributed by atoms with van der Waals surface area (Å²) in [6.07, 6.45) is -3.75. The first-order valence-electron chi connectivity index (χ1n) is 6.02. The Labute approximate surface area is 125 Å². The number of likely N-dealkylation sites (N-methyl/N-ethyl adjacent to an activating group) is 1. The van der Waals surface area contributed by atoms with Crippen LogP contribution in [0, 0.1) is 0 Å². The molecule has 0 aliphatic heterocycles. The van der Waals surface area contributed by atoms with E-state index in [2.05, 4.69) is 10.3 Å². The maximum Gasteiger partial charge on any atom is 0.417 e. The Morgan fingerprint density at radius 1 is 1.38 bits per heavy atom. The number of carbonyl (C=O) groups excluding carboxylic acids is 1. The van der Waals surface area contributed by atoms with Gasteiger partial charge < -0.3 is 15.1 Å². The molecule has 1 rings (SSSR count). The van der Waals surface area contributed by atoms with Crippen molar-refractivity contribution >= 4 is 23.4 Å². The van der Waals surface area contributed by atoms with E-state index in [9.17, 15) is 18.0 Å². The fourth-order valence-corrected chi connectivity index (χ4v) is 1.77. The first-order chi connectivity index (χ1) is 9.62. The molecule has 1 heterocycles. The third-order valence-corrected chi connectivity index (χ3v) is 2.92. The summed E-state index contributed by atoms with van der Waals surface area (Å²) in [7, 11) is 4.84. The van der Waals surface area contributed by atoms with Crippen LogP contribution in [-0.2, 0) is 6.18 Å². The van der Waals surface area contributed by atoms with Crippen molar-refractivity contribution in [2.24, 2.45) is 0 Å². The predicted octanol–water partition coefficient (Wildman–Crippen LogP) is 2.46. The highest BCUT2D eigenvalue weighted by Gasteiger charge is 2.31. The lowest BCUT2D eigenvalue weighted by Crippen LogP contribution is -2.39. The van der Waals surface area contributed by atoms with Crippen LogP contribution in [0.2, 0.25) is 5.02 Å². The highest BCUT2D eigenvalue weighted by Crippen LogP contribution is 2.33. The number of nitrogens with zero attached hydrogens (tertiary/aromatic N) is 3. The van der Waals surface area contributed by atoms with E-state index in [1.165, 1.54) is 4.90 Å². The monoisotopic (exact) mass is 324 g/mol. The number of urea groups is 1. The van der Waals surface area contributed by atoms with Crippen LogP contribution in [0.3, 0.4) is 0 Å². The minimum absolute atomic E-state index is 0.0914. The van der Waals surface area contributed by atoms with E-state index >= 15 is 0 Å². The zero-order valence-electron chi connectivity index (χ0n) is 11.8. The number of anilines is 1. The molecule has 0 saturated carbocycles. The molecule has 9 heteroatoms. The fourth-order valence-electron chi connectivity index (χ4n) is 1.46. The van der Waals surface area contributed by atoms with Gasteiger partial charge in [0.1, 0.15) is 5.82 Å². The number of rotatable bonds is 4. The van der Waals surface area contributed by atoms with Crippen molar-refractivity contribution < 1.29 is 18.0 Å². The van der Waals surface area contributed by atoms with Crippen molar-refractivity contribution in [1.29, 1.82) is 0 Å². The third-order valence-electron chi connectivity index (χ3n) is 2.64. The lowest BCUT2D eigenvalue weighted by molar-refractivity contribution is -0.137. The molecule has 0 fully saturated rings. The van der Waals surface area contributed by atoms with Gasteiger partial charge >= 0.3 is 12.2 Å². The molecule has 21 heavy (non-hydrogen) atoms. The molecule has 0 saturated heterocycles. The van der Waals surface area contributed by atoms with Crippen molar-refractivity contribution in [1.82, 2.24) is 15.2 Å². The van der Waals surface area contributed by atoms with E-state index in [-0.39, 0.29) is 16.9 Å². The molecule has 1 aromatic heterocycles. The number of aromatic nitrogens is 1. The second-order valence-electron chi connectivity index (χ2n) is 4.58. The molecule has 0 bridgehead atoms. The van der Waals surface area contributed by atoms with Crippen LogP contribution < -0.4 is 10.2 Å². The van der Waals surface area contributed by atoms with Crippen molar-refractivity contribution in [2.45, 2.75) is 6.18 Å². The summed E-state index contributed by atoms with van der Waals surface area (Å²) in [6.45, 7) is 0.671. The molecule has 1 aromatic rings. The molecular formula is C12H16ClF3N4O. The molecule has 0 unspecified atom stereocenters. The number of pyridine rings is 1.